The summed E-state index contributed by atoms with van der Waals surface area (Å²) in [6.45, 7) is 0. The smallest absolute Gasteiger partial charge is 0.152 e. The van der Waals surface area contributed by atoms with Gasteiger partial charge < -0.3 is 4.42 Å². The van der Waals surface area contributed by atoms with Gasteiger partial charge in [0.05, 0.1) is 22.3 Å². The van der Waals surface area contributed by atoms with E-state index in [1.165, 1.54) is 0 Å². The average molecular weight is 281 g/mol. The van der Waals surface area contributed by atoms with Crippen LogP contribution in [0.3, 0.4) is 0 Å². The fourth-order valence-corrected chi connectivity index (χ4v) is 2.61. The first-order valence-electron chi connectivity index (χ1n) is 6.21. The second-order valence-electron chi connectivity index (χ2n) is 4.50. The summed E-state index contributed by atoms with van der Waals surface area (Å²) in [5.41, 5.74) is 2.42. The average Bonchev–Trinajstić information content (AvgIpc) is 3.01. The lowest BCUT2D eigenvalue weighted by atomic mass is 10.1. The Bertz CT molecular complexity index is 916. The molecule has 0 saturated heterocycles. The van der Waals surface area contributed by atoms with E-state index in [4.69, 9.17) is 16.0 Å². The monoisotopic (exact) mass is 280 g/mol. The first-order chi connectivity index (χ1) is 9.83. The molecule has 4 heteroatoms. The molecule has 3 aromatic heterocycles. The quantitative estimate of drug-likeness (QED) is 0.475. The van der Waals surface area contributed by atoms with Crippen LogP contribution in [-0.4, -0.2) is 9.97 Å². The molecule has 0 saturated carbocycles. The maximum Gasteiger partial charge on any atom is 0.152 e. The third kappa shape index (κ3) is 1.67. The van der Waals surface area contributed by atoms with Crippen LogP contribution in [0.15, 0.2) is 59.3 Å². The topological polar surface area (TPSA) is 38.9 Å². The largest absolute Gasteiger partial charge is 0.463 e. The van der Waals surface area contributed by atoms with Crippen LogP contribution in [0.5, 0.6) is 0 Å². The summed E-state index contributed by atoms with van der Waals surface area (Å²) in [7, 11) is 0. The molecule has 0 N–H and O–H groups in total. The normalized spacial score (nSPS) is 11.2. The molecule has 20 heavy (non-hydrogen) atoms. The van der Waals surface area contributed by atoms with E-state index in [-0.39, 0.29) is 0 Å². The zero-order chi connectivity index (χ0) is 13.5. The van der Waals surface area contributed by atoms with Crippen LogP contribution in [0.2, 0.25) is 5.02 Å². The third-order valence-corrected chi connectivity index (χ3v) is 3.58. The van der Waals surface area contributed by atoms with Gasteiger partial charge in [-0.25, -0.2) is 4.98 Å². The molecule has 0 amide bonds. The minimum Gasteiger partial charge on any atom is -0.463 e. The lowest BCUT2D eigenvalue weighted by molar-refractivity contribution is 0.580. The molecule has 0 bridgehead atoms. The molecule has 4 rings (SSSR count). The van der Waals surface area contributed by atoms with Crippen molar-refractivity contribution < 1.29 is 4.42 Å². The number of furan rings is 1. The first kappa shape index (κ1) is 11.4. The number of fused-ring (bicyclic) bond motifs is 3. The highest BCUT2D eigenvalue weighted by molar-refractivity contribution is 6.37. The second-order valence-corrected chi connectivity index (χ2v) is 4.91. The van der Waals surface area contributed by atoms with Gasteiger partial charge in [0.2, 0.25) is 0 Å². The van der Waals surface area contributed by atoms with E-state index in [0.29, 0.717) is 5.02 Å². The van der Waals surface area contributed by atoms with Crippen LogP contribution in [0.1, 0.15) is 0 Å². The highest BCUT2D eigenvalue weighted by Crippen LogP contribution is 2.31. The molecule has 0 radical (unpaired) electrons. The van der Waals surface area contributed by atoms with Crippen LogP contribution in [0, 0.1) is 0 Å². The third-order valence-electron chi connectivity index (χ3n) is 3.27. The molecule has 3 heterocycles. The van der Waals surface area contributed by atoms with E-state index in [2.05, 4.69) is 9.97 Å². The molecule has 3 nitrogen and oxygen atoms in total. The molecular weight excluding hydrogens is 272 g/mol. The predicted molar refractivity (Wildman–Crippen MR) is 79.8 cm³/mol. The van der Waals surface area contributed by atoms with Crippen molar-refractivity contribution in [3.8, 4) is 11.5 Å². The van der Waals surface area contributed by atoms with E-state index in [9.17, 15) is 0 Å². The lowest BCUT2D eigenvalue weighted by Gasteiger charge is -2.06. The van der Waals surface area contributed by atoms with E-state index >= 15 is 0 Å². The van der Waals surface area contributed by atoms with E-state index in [0.717, 1.165) is 33.3 Å². The van der Waals surface area contributed by atoms with E-state index in [1.807, 2.05) is 42.5 Å². The Balaban J connectivity index is 2.12. The summed E-state index contributed by atoms with van der Waals surface area (Å²) in [5.74, 6) is 0.732. The summed E-state index contributed by atoms with van der Waals surface area (Å²) in [6.07, 6.45) is 3.40. The first-order valence-corrected chi connectivity index (χ1v) is 6.58. The summed E-state index contributed by atoms with van der Waals surface area (Å²) >= 11 is 6.32. The Morgan fingerprint density at radius 2 is 1.95 bits per heavy atom. The fraction of sp³-hybridized carbons (Fsp3) is 0. The highest BCUT2D eigenvalue weighted by Gasteiger charge is 2.10. The number of pyridine rings is 2. The van der Waals surface area contributed by atoms with Crippen LogP contribution >= 0.6 is 11.6 Å². The van der Waals surface area contributed by atoms with Crippen LogP contribution < -0.4 is 0 Å². The van der Waals surface area contributed by atoms with Gasteiger partial charge in [0.1, 0.15) is 5.69 Å². The van der Waals surface area contributed by atoms with Crippen molar-refractivity contribution in [1.29, 1.82) is 0 Å². The summed E-state index contributed by atoms with van der Waals surface area (Å²) < 4.78 is 5.39. The van der Waals surface area contributed by atoms with Crippen molar-refractivity contribution in [2.75, 3.05) is 0 Å². The summed E-state index contributed by atoms with van der Waals surface area (Å²) in [5, 5.41) is 2.56. The van der Waals surface area contributed by atoms with Gasteiger partial charge in [-0.05, 0) is 36.4 Å². The SMILES string of the molecule is Clc1cc2cccnc2c2nc(-c3ccco3)ccc12. The van der Waals surface area contributed by atoms with Gasteiger partial charge in [-0.15, -0.1) is 0 Å². The number of hydrogen-bond acceptors (Lipinski definition) is 3. The molecule has 0 aliphatic heterocycles. The van der Waals surface area contributed by atoms with Crippen LogP contribution in [0.25, 0.3) is 33.3 Å². The number of hydrogen-bond donors (Lipinski definition) is 0. The number of halogens is 1. The standard InChI is InChI=1S/C16H9ClN2O/c17-12-9-10-3-1-7-18-15(10)16-11(12)5-6-13(19-16)14-4-2-8-20-14/h1-9H. The molecule has 96 valence electrons. The van der Waals surface area contributed by atoms with E-state index < -0.39 is 0 Å². The molecule has 0 spiro atoms. The number of nitrogens with zero attached hydrogens (tertiary/aromatic N) is 2. The van der Waals surface area contributed by atoms with Gasteiger partial charge in [0.15, 0.2) is 5.76 Å². The Morgan fingerprint density at radius 1 is 1.00 bits per heavy atom. The minimum absolute atomic E-state index is 0.680. The number of benzene rings is 1. The van der Waals surface area contributed by atoms with Gasteiger partial charge in [0, 0.05) is 17.0 Å². The van der Waals surface area contributed by atoms with Crippen molar-refractivity contribution in [2.24, 2.45) is 0 Å². The Morgan fingerprint density at radius 3 is 2.80 bits per heavy atom. The van der Waals surface area contributed by atoms with Gasteiger partial charge in [0.25, 0.3) is 0 Å². The molecule has 0 aliphatic carbocycles. The summed E-state index contributed by atoms with van der Waals surface area (Å²) in [6, 6.07) is 13.4. The molecule has 0 unspecified atom stereocenters. The summed E-state index contributed by atoms with van der Waals surface area (Å²) in [4.78, 5) is 9.09. The maximum atomic E-state index is 6.32. The van der Waals surface area contributed by atoms with E-state index in [1.54, 1.807) is 12.5 Å². The Kier molecular flexibility index (Phi) is 2.47. The molecule has 0 atom stereocenters. The molecule has 4 aromatic rings. The Labute approximate surface area is 119 Å². The molecule has 0 aliphatic rings. The van der Waals surface area contributed by atoms with Crippen molar-refractivity contribution >= 4 is 33.4 Å². The molecule has 1 aromatic carbocycles. The number of aromatic nitrogens is 2. The molecule has 0 fully saturated rings. The van der Waals surface area contributed by atoms with Crippen molar-refractivity contribution in [3.05, 3.63) is 59.9 Å². The van der Waals surface area contributed by atoms with Gasteiger partial charge in [-0.1, -0.05) is 17.7 Å². The van der Waals surface area contributed by atoms with Crippen LogP contribution in [0.4, 0.5) is 0 Å². The van der Waals surface area contributed by atoms with Gasteiger partial charge in [-0.3, -0.25) is 4.98 Å². The van der Waals surface area contributed by atoms with Gasteiger partial charge in [-0.2, -0.15) is 0 Å². The van der Waals surface area contributed by atoms with Crippen molar-refractivity contribution in [1.82, 2.24) is 9.97 Å². The molecular formula is C16H9ClN2O. The Hall–Kier alpha value is -2.39. The fourth-order valence-electron chi connectivity index (χ4n) is 2.34. The maximum absolute atomic E-state index is 6.32. The lowest BCUT2D eigenvalue weighted by Crippen LogP contribution is -1.88. The second kappa shape index (κ2) is 4.32. The van der Waals surface area contributed by atoms with Gasteiger partial charge >= 0.3 is 0 Å². The zero-order valence-electron chi connectivity index (χ0n) is 10.4. The zero-order valence-corrected chi connectivity index (χ0v) is 11.1. The van der Waals surface area contributed by atoms with Crippen LogP contribution in [-0.2, 0) is 0 Å². The van der Waals surface area contributed by atoms with Crippen molar-refractivity contribution in [2.45, 2.75) is 0 Å². The van der Waals surface area contributed by atoms with Crippen molar-refractivity contribution in [3.63, 3.8) is 0 Å². The highest BCUT2D eigenvalue weighted by atomic mass is 35.5. The minimum atomic E-state index is 0.680. The predicted octanol–water partition coefficient (Wildman–Crippen LogP) is 4.70. The number of rotatable bonds is 1.